The highest BCUT2D eigenvalue weighted by molar-refractivity contribution is 7.18. The summed E-state index contributed by atoms with van der Waals surface area (Å²) in [4.78, 5) is 0. The Morgan fingerprint density at radius 3 is 2.71 bits per heavy atom. The van der Waals surface area contributed by atoms with Gasteiger partial charge >= 0.3 is 0 Å². The molecule has 2 rings (SSSR count). The third kappa shape index (κ3) is 1.86. The molecule has 0 radical (unpaired) electrons. The van der Waals surface area contributed by atoms with Crippen molar-refractivity contribution in [2.45, 2.75) is 6.92 Å². The van der Waals surface area contributed by atoms with Gasteiger partial charge in [-0.15, -0.1) is 0 Å². The average molecular weight is 321 g/mol. The second-order valence-electron chi connectivity index (χ2n) is 3.01. The number of fused-ring (bicyclic) bond motifs is 1. The molecule has 4 heteroatoms. The smallest absolute Gasteiger partial charge is 0.234 e. The highest BCUT2D eigenvalue weighted by Gasteiger charge is 2.12. The van der Waals surface area contributed by atoms with E-state index in [4.69, 9.17) is 4.74 Å². The monoisotopic (exact) mass is 321 g/mol. The molecule has 0 unspecified atom stereocenters. The summed E-state index contributed by atoms with van der Waals surface area (Å²) >= 11 is 1.81. The first-order valence-corrected chi connectivity index (χ1v) is 4.97. The van der Waals surface area contributed by atoms with Gasteiger partial charge in [0.2, 0.25) is 10.5 Å². The molecule has 0 aliphatic carbocycles. The maximum atomic E-state index is 5.18. The topological polar surface area (TPSA) is 13.1 Å². The normalized spacial score (nSPS) is 9.93. The van der Waals surface area contributed by atoms with E-state index in [9.17, 15) is 0 Å². The molecule has 0 saturated carbocycles. The van der Waals surface area contributed by atoms with Gasteiger partial charge in [0.05, 0.1) is 13.2 Å². The van der Waals surface area contributed by atoms with Crippen molar-refractivity contribution in [3.8, 4) is 5.75 Å². The van der Waals surface area contributed by atoms with Crippen molar-refractivity contribution in [3.63, 3.8) is 0 Å². The molecule has 0 aliphatic rings. The first-order valence-electron chi connectivity index (χ1n) is 4.15. The van der Waals surface area contributed by atoms with Crippen LogP contribution in [-0.2, 0) is 7.05 Å². The Hall–Kier alpha value is -0.360. The summed E-state index contributed by atoms with van der Waals surface area (Å²) in [6, 6.07) is 6.17. The molecular formula is C10H12INOS. The average Bonchev–Trinajstić information content (AvgIpc) is 2.43. The van der Waals surface area contributed by atoms with Crippen LogP contribution in [0.2, 0.25) is 0 Å². The molecule has 1 aromatic heterocycles. The van der Waals surface area contributed by atoms with Crippen LogP contribution in [0.3, 0.4) is 0 Å². The minimum atomic E-state index is 0. The van der Waals surface area contributed by atoms with E-state index >= 15 is 0 Å². The quantitative estimate of drug-likeness (QED) is 0.488. The van der Waals surface area contributed by atoms with Gasteiger partial charge in [0.15, 0.2) is 0 Å². The van der Waals surface area contributed by atoms with E-state index in [1.165, 1.54) is 15.2 Å². The van der Waals surface area contributed by atoms with Gasteiger partial charge in [0.25, 0.3) is 0 Å². The van der Waals surface area contributed by atoms with E-state index in [0.29, 0.717) is 0 Å². The summed E-state index contributed by atoms with van der Waals surface area (Å²) in [5.74, 6) is 0.918. The Labute approximate surface area is 105 Å². The maximum absolute atomic E-state index is 5.18. The molecule has 2 nitrogen and oxygen atoms in total. The third-order valence-electron chi connectivity index (χ3n) is 2.26. The largest absolute Gasteiger partial charge is 1.00 e. The van der Waals surface area contributed by atoms with Gasteiger partial charge in [0.1, 0.15) is 17.5 Å². The Bertz CT molecular complexity index is 453. The molecule has 0 amide bonds. The lowest BCUT2D eigenvalue weighted by atomic mass is 10.3. The highest BCUT2D eigenvalue weighted by atomic mass is 127. The maximum Gasteiger partial charge on any atom is 0.234 e. The molecule has 76 valence electrons. The van der Waals surface area contributed by atoms with Crippen molar-refractivity contribution in [2.24, 2.45) is 7.05 Å². The zero-order valence-electron chi connectivity index (χ0n) is 8.37. The predicted molar refractivity (Wildman–Crippen MR) is 54.3 cm³/mol. The van der Waals surface area contributed by atoms with E-state index in [-0.39, 0.29) is 24.0 Å². The molecule has 0 bridgehead atoms. The van der Waals surface area contributed by atoms with Crippen molar-refractivity contribution >= 4 is 21.6 Å². The van der Waals surface area contributed by atoms with Gasteiger partial charge in [-0.1, -0.05) is 11.3 Å². The fourth-order valence-corrected chi connectivity index (χ4v) is 2.36. The van der Waals surface area contributed by atoms with E-state index in [0.717, 1.165) is 5.75 Å². The predicted octanol–water partition coefficient (Wildman–Crippen LogP) is -0.953. The minimum absolute atomic E-state index is 0. The Morgan fingerprint density at radius 2 is 2.07 bits per heavy atom. The number of methoxy groups -OCH3 is 1. The number of nitrogens with zero attached hydrogens (tertiary/aromatic N) is 1. The van der Waals surface area contributed by atoms with E-state index in [2.05, 4.69) is 30.7 Å². The van der Waals surface area contributed by atoms with Crippen molar-refractivity contribution in [1.29, 1.82) is 0 Å². The van der Waals surface area contributed by atoms with E-state index in [1.807, 2.05) is 6.07 Å². The minimum Gasteiger partial charge on any atom is -1.00 e. The number of halogens is 1. The van der Waals surface area contributed by atoms with Crippen LogP contribution in [0.1, 0.15) is 5.01 Å². The zero-order chi connectivity index (χ0) is 9.42. The summed E-state index contributed by atoms with van der Waals surface area (Å²) in [5, 5.41) is 1.31. The van der Waals surface area contributed by atoms with Crippen LogP contribution in [0, 0.1) is 6.92 Å². The van der Waals surface area contributed by atoms with Crippen molar-refractivity contribution in [1.82, 2.24) is 0 Å². The van der Waals surface area contributed by atoms with Gasteiger partial charge in [-0.05, 0) is 12.1 Å². The number of aryl methyl sites for hydroxylation is 2. The van der Waals surface area contributed by atoms with Crippen LogP contribution in [0.25, 0.3) is 10.2 Å². The van der Waals surface area contributed by atoms with E-state index < -0.39 is 0 Å². The van der Waals surface area contributed by atoms with Crippen LogP contribution >= 0.6 is 11.3 Å². The summed E-state index contributed by atoms with van der Waals surface area (Å²) in [6.07, 6.45) is 0. The molecule has 1 heterocycles. The Balaban J connectivity index is 0.000000980. The molecule has 0 atom stereocenters. The second-order valence-corrected chi connectivity index (χ2v) is 4.25. The standard InChI is InChI=1S/C10H12NOS.HI/c1-7-11(2)9-6-8(12-3)4-5-10(9)13-7;/h4-6H,1-3H3;1H/q+1;/p-1. The molecule has 2 aromatic rings. The van der Waals surface area contributed by atoms with Gasteiger partial charge in [-0.2, -0.15) is 4.57 Å². The molecule has 0 fully saturated rings. The lowest BCUT2D eigenvalue weighted by molar-refractivity contribution is -0.646. The number of thiazole rings is 1. The van der Waals surface area contributed by atoms with Crippen LogP contribution < -0.4 is 33.3 Å². The molecule has 1 aromatic carbocycles. The zero-order valence-corrected chi connectivity index (χ0v) is 11.3. The van der Waals surface area contributed by atoms with Crippen LogP contribution in [0.5, 0.6) is 5.75 Å². The van der Waals surface area contributed by atoms with Crippen LogP contribution in [0.4, 0.5) is 0 Å². The lowest BCUT2D eigenvalue weighted by Gasteiger charge is -1.95. The number of benzene rings is 1. The van der Waals surface area contributed by atoms with E-state index in [1.54, 1.807) is 18.4 Å². The van der Waals surface area contributed by atoms with Crippen molar-refractivity contribution in [3.05, 3.63) is 23.2 Å². The first-order chi connectivity index (χ1) is 6.22. The summed E-state index contributed by atoms with van der Waals surface area (Å²) in [5.41, 5.74) is 1.24. The highest BCUT2D eigenvalue weighted by Crippen LogP contribution is 2.23. The number of hydrogen-bond acceptors (Lipinski definition) is 2. The van der Waals surface area contributed by atoms with Crippen molar-refractivity contribution in [2.75, 3.05) is 7.11 Å². The Kier molecular flexibility index (Phi) is 3.71. The third-order valence-corrected chi connectivity index (χ3v) is 3.39. The summed E-state index contributed by atoms with van der Waals surface area (Å²) < 4.78 is 8.67. The number of hydrogen-bond donors (Lipinski definition) is 0. The van der Waals surface area contributed by atoms with Gasteiger partial charge in [-0.25, -0.2) is 0 Å². The van der Waals surface area contributed by atoms with Gasteiger partial charge in [0, 0.05) is 6.92 Å². The molecule has 0 saturated heterocycles. The lowest BCUT2D eigenvalue weighted by Crippen LogP contribution is -3.00. The molecule has 0 aliphatic heterocycles. The number of ether oxygens (including phenoxy) is 1. The van der Waals surface area contributed by atoms with Crippen LogP contribution in [-0.4, -0.2) is 7.11 Å². The second kappa shape index (κ2) is 4.44. The first kappa shape index (κ1) is 11.7. The molecule has 14 heavy (non-hydrogen) atoms. The number of rotatable bonds is 1. The van der Waals surface area contributed by atoms with Gasteiger partial charge in [-0.3, -0.25) is 0 Å². The fraction of sp³-hybridized carbons (Fsp3) is 0.300. The molecule has 0 N–H and O–H groups in total. The molecular weight excluding hydrogens is 309 g/mol. The fourth-order valence-electron chi connectivity index (χ4n) is 1.37. The summed E-state index contributed by atoms with van der Waals surface area (Å²) in [6.45, 7) is 2.12. The summed E-state index contributed by atoms with van der Waals surface area (Å²) in [7, 11) is 3.77. The Morgan fingerprint density at radius 1 is 1.36 bits per heavy atom. The van der Waals surface area contributed by atoms with Crippen molar-refractivity contribution < 1.29 is 33.3 Å². The number of aromatic nitrogens is 1. The molecule has 0 spiro atoms. The van der Waals surface area contributed by atoms with Crippen LogP contribution in [0.15, 0.2) is 18.2 Å². The SMILES string of the molecule is COc1ccc2sc(C)[n+](C)c2c1.[I-]. The van der Waals surface area contributed by atoms with Gasteiger partial charge < -0.3 is 28.7 Å².